The normalized spacial score (nSPS) is 28.4. The number of nitrogens with one attached hydrogen (secondary N) is 1. The second-order valence-corrected chi connectivity index (χ2v) is 6.36. The first-order chi connectivity index (χ1) is 8.72. The van der Waals surface area contributed by atoms with Gasteiger partial charge >= 0.3 is 0 Å². The van der Waals surface area contributed by atoms with Crippen LogP contribution in [-0.2, 0) is 6.42 Å². The minimum absolute atomic E-state index is 0.410. The van der Waals surface area contributed by atoms with Crippen LogP contribution in [0.4, 0.5) is 0 Å². The Kier molecular flexibility index (Phi) is 5.22. The van der Waals surface area contributed by atoms with Crippen molar-refractivity contribution in [1.29, 1.82) is 0 Å². The molecule has 2 N–H and O–H groups in total. The maximum atomic E-state index is 10.6. The lowest BCUT2D eigenvalue weighted by Crippen LogP contribution is -2.41. The van der Waals surface area contributed by atoms with Crippen LogP contribution in [0.5, 0.6) is 0 Å². The van der Waals surface area contributed by atoms with Crippen LogP contribution in [0, 0.1) is 0 Å². The SMILES string of the molecule is CCCNC1CCC(O)(CCc2ccsc2)CC1. The summed E-state index contributed by atoms with van der Waals surface area (Å²) in [5.74, 6) is 0. The standard InChI is InChI=1S/C15H25NOS/c1-2-10-16-14-4-8-15(17,9-5-14)7-3-13-6-11-18-12-13/h6,11-12,14,16-17H,2-5,7-10H2,1H3. The van der Waals surface area contributed by atoms with Gasteiger partial charge in [0, 0.05) is 6.04 Å². The third-order valence-electron chi connectivity index (χ3n) is 4.06. The van der Waals surface area contributed by atoms with Crippen LogP contribution in [0.15, 0.2) is 16.8 Å². The van der Waals surface area contributed by atoms with Gasteiger partial charge in [-0.15, -0.1) is 0 Å². The minimum Gasteiger partial charge on any atom is -0.390 e. The Balaban J connectivity index is 1.73. The maximum Gasteiger partial charge on any atom is 0.0652 e. The molecule has 1 aliphatic carbocycles. The van der Waals surface area contributed by atoms with Crippen LogP contribution in [0.3, 0.4) is 0 Å². The number of aryl methyl sites for hydroxylation is 1. The van der Waals surface area contributed by atoms with Crippen molar-refractivity contribution in [2.75, 3.05) is 6.54 Å². The molecule has 0 saturated heterocycles. The van der Waals surface area contributed by atoms with E-state index in [9.17, 15) is 5.11 Å². The maximum absolute atomic E-state index is 10.6. The summed E-state index contributed by atoms with van der Waals surface area (Å²) in [4.78, 5) is 0. The molecule has 0 bridgehead atoms. The number of thiophene rings is 1. The van der Waals surface area contributed by atoms with Crippen molar-refractivity contribution in [2.24, 2.45) is 0 Å². The van der Waals surface area contributed by atoms with E-state index in [1.807, 2.05) is 0 Å². The van der Waals surface area contributed by atoms with Gasteiger partial charge in [-0.2, -0.15) is 11.3 Å². The predicted octanol–water partition coefficient (Wildman–Crippen LogP) is 3.35. The van der Waals surface area contributed by atoms with Gasteiger partial charge in [-0.05, 0) is 73.9 Å². The Hall–Kier alpha value is -0.380. The Morgan fingerprint density at radius 2 is 2.22 bits per heavy atom. The molecule has 102 valence electrons. The van der Waals surface area contributed by atoms with E-state index in [0.29, 0.717) is 6.04 Å². The predicted molar refractivity (Wildman–Crippen MR) is 78.1 cm³/mol. The molecule has 0 aliphatic heterocycles. The Bertz CT molecular complexity index is 328. The number of hydrogen-bond acceptors (Lipinski definition) is 3. The quantitative estimate of drug-likeness (QED) is 0.828. The van der Waals surface area contributed by atoms with E-state index in [4.69, 9.17) is 0 Å². The van der Waals surface area contributed by atoms with Crippen molar-refractivity contribution in [1.82, 2.24) is 5.32 Å². The zero-order valence-corrected chi connectivity index (χ0v) is 12.1. The van der Waals surface area contributed by atoms with Crippen LogP contribution in [-0.4, -0.2) is 23.3 Å². The lowest BCUT2D eigenvalue weighted by molar-refractivity contribution is -0.0106. The first-order valence-corrected chi connectivity index (χ1v) is 8.13. The van der Waals surface area contributed by atoms with E-state index in [-0.39, 0.29) is 0 Å². The van der Waals surface area contributed by atoms with Gasteiger partial charge in [-0.1, -0.05) is 6.92 Å². The smallest absolute Gasteiger partial charge is 0.0652 e. The second kappa shape index (κ2) is 6.69. The summed E-state index contributed by atoms with van der Waals surface area (Å²) in [6.07, 6.45) is 7.30. The Morgan fingerprint density at radius 1 is 1.44 bits per heavy atom. The Labute approximate surface area is 114 Å². The van der Waals surface area contributed by atoms with Crippen molar-refractivity contribution in [3.63, 3.8) is 0 Å². The molecule has 1 fully saturated rings. The van der Waals surface area contributed by atoms with Crippen LogP contribution < -0.4 is 5.32 Å². The van der Waals surface area contributed by atoms with E-state index < -0.39 is 5.60 Å². The monoisotopic (exact) mass is 267 g/mol. The molecule has 1 heterocycles. The molecular formula is C15H25NOS. The van der Waals surface area contributed by atoms with Crippen molar-refractivity contribution in [3.05, 3.63) is 22.4 Å². The summed E-state index contributed by atoms with van der Waals surface area (Å²) in [7, 11) is 0. The molecule has 2 nitrogen and oxygen atoms in total. The third-order valence-corrected chi connectivity index (χ3v) is 4.79. The summed E-state index contributed by atoms with van der Waals surface area (Å²) in [6, 6.07) is 2.80. The highest BCUT2D eigenvalue weighted by Crippen LogP contribution is 2.32. The third kappa shape index (κ3) is 4.08. The largest absolute Gasteiger partial charge is 0.390 e. The summed E-state index contributed by atoms with van der Waals surface area (Å²) in [5, 5.41) is 18.5. The van der Waals surface area contributed by atoms with Crippen LogP contribution in [0.2, 0.25) is 0 Å². The average molecular weight is 267 g/mol. The van der Waals surface area contributed by atoms with Crippen molar-refractivity contribution in [3.8, 4) is 0 Å². The van der Waals surface area contributed by atoms with Gasteiger partial charge in [0.05, 0.1) is 5.60 Å². The highest BCUT2D eigenvalue weighted by atomic mass is 32.1. The van der Waals surface area contributed by atoms with Crippen LogP contribution >= 0.6 is 11.3 Å². The molecule has 2 rings (SSSR count). The van der Waals surface area contributed by atoms with Crippen molar-refractivity contribution < 1.29 is 5.11 Å². The minimum atomic E-state index is -0.410. The highest BCUT2D eigenvalue weighted by molar-refractivity contribution is 7.07. The molecule has 0 amide bonds. The number of aliphatic hydroxyl groups is 1. The zero-order valence-electron chi connectivity index (χ0n) is 11.3. The lowest BCUT2D eigenvalue weighted by atomic mass is 9.79. The first-order valence-electron chi connectivity index (χ1n) is 7.19. The van der Waals surface area contributed by atoms with Gasteiger partial charge in [-0.25, -0.2) is 0 Å². The van der Waals surface area contributed by atoms with Crippen LogP contribution in [0.1, 0.15) is 51.0 Å². The molecule has 0 aromatic carbocycles. The molecule has 1 saturated carbocycles. The van der Waals surface area contributed by atoms with E-state index in [0.717, 1.165) is 45.1 Å². The van der Waals surface area contributed by atoms with Gasteiger partial charge in [-0.3, -0.25) is 0 Å². The van der Waals surface area contributed by atoms with Crippen LogP contribution in [0.25, 0.3) is 0 Å². The van der Waals surface area contributed by atoms with Gasteiger partial charge < -0.3 is 10.4 Å². The molecule has 1 aliphatic rings. The topological polar surface area (TPSA) is 32.3 Å². The molecule has 1 aromatic heterocycles. The van der Waals surface area contributed by atoms with Gasteiger partial charge in [0.1, 0.15) is 0 Å². The van der Waals surface area contributed by atoms with Crippen molar-refractivity contribution >= 4 is 11.3 Å². The van der Waals surface area contributed by atoms with Gasteiger partial charge in [0.25, 0.3) is 0 Å². The molecule has 3 heteroatoms. The molecule has 0 radical (unpaired) electrons. The molecular weight excluding hydrogens is 242 g/mol. The average Bonchev–Trinajstić information content (AvgIpc) is 2.89. The molecule has 0 spiro atoms. The van der Waals surface area contributed by atoms with Gasteiger partial charge in [0.2, 0.25) is 0 Å². The van der Waals surface area contributed by atoms with E-state index >= 15 is 0 Å². The fourth-order valence-electron chi connectivity index (χ4n) is 2.77. The van der Waals surface area contributed by atoms with Crippen molar-refractivity contribution in [2.45, 2.75) is 63.5 Å². The second-order valence-electron chi connectivity index (χ2n) is 5.58. The molecule has 18 heavy (non-hydrogen) atoms. The molecule has 1 aromatic rings. The number of rotatable bonds is 6. The highest BCUT2D eigenvalue weighted by Gasteiger charge is 2.32. The fourth-order valence-corrected chi connectivity index (χ4v) is 3.47. The number of hydrogen-bond donors (Lipinski definition) is 2. The summed E-state index contributed by atoms with van der Waals surface area (Å²) < 4.78 is 0. The van der Waals surface area contributed by atoms with E-state index in [2.05, 4.69) is 29.1 Å². The molecule has 0 atom stereocenters. The van der Waals surface area contributed by atoms with E-state index in [1.165, 1.54) is 12.0 Å². The van der Waals surface area contributed by atoms with E-state index in [1.54, 1.807) is 11.3 Å². The molecule has 0 unspecified atom stereocenters. The lowest BCUT2D eigenvalue weighted by Gasteiger charge is -2.36. The fraction of sp³-hybridized carbons (Fsp3) is 0.733. The Morgan fingerprint density at radius 3 is 2.83 bits per heavy atom. The zero-order chi connectivity index (χ0) is 12.8. The summed E-state index contributed by atoms with van der Waals surface area (Å²) in [5.41, 5.74) is 0.964. The summed E-state index contributed by atoms with van der Waals surface area (Å²) in [6.45, 7) is 3.31. The van der Waals surface area contributed by atoms with Gasteiger partial charge in [0.15, 0.2) is 0 Å². The first kappa shape index (κ1) is 14.0. The summed E-state index contributed by atoms with van der Waals surface area (Å²) >= 11 is 1.74.